The maximum atomic E-state index is 11.6. The van der Waals surface area contributed by atoms with Gasteiger partial charge in [0.15, 0.2) is 0 Å². The van der Waals surface area contributed by atoms with Crippen LogP contribution in [0.4, 0.5) is 0 Å². The zero-order valence-corrected chi connectivity index (χ0v) is 20.5. The lowest BCUT2D eigenvalue weighted by molar-refractivity contribution is -0.122. The molecule has 0 rings (SSSR count). The summed E-state index contributed by atoms with van der Waals surface area (Å²) < 4.78 is 20.2. The molecule has 0 saturated heterocycles. The van der Waals surface area contributed by atoms with E-state index in [-0.39, 0.29) is 76.6 Å². The molecule has 30 heavy (non-hydrogen) atoms. The Morgan fingerprint density at radius 2 is 0.967 bits per heavy atom. The molecule has 4 N–H and O–H groups in total. The molecule has 0 spiro atoms. The lowest BCUT2D eigenvalue weighted by Gasteiger charge is -2.32. The Bertz CT molecular complexity index is 431. The molecule has 0 atom stereocenters. The van der Waals surface area contributed by atoms with Gasteiger partial charge in [0, 0.05) is 61.8 Å². The highest BCUT2D eigenvalue weighted by Crippen LogP contribution is 2.12. The molecule has 0 aliphatic carbocycles. The van der Waals surface area contributed by atoms with E-state index < -0.39 is 5.54 Å². The van der Waals surface area contributed by atoms with Crippen molar-refractivity contribution in [2.75, 3.05) is 59.3 Å². The maximum Gasteiger partial charge on any atom is 0.222 e. The van der Waals surface area contributed by atoms with Crippen molar-refractivity contribution in [1.82, 2.24) is 19.5 Å². The predicted molar refractivity (Wildman–Crippen MR) is 122 cm³/mol. The second-order valence-corrected chi connectivity index (χ2v) is 7.18. The third-order valence-corrected chi connectivity index (χ3v) is 5.02. The zero-order chi connectivity index (χ0) is 22.7. The van der Waals surface area contributed by atoms with E-state index in [9.17, 15) is 14.4 Å². The van der Waals surface area contributed by atoms with Gasteiger partial charge in [-0.05, 0) is 20.8 Å². The zero-order valence-electron chi connectivity index (χ0n) is 18.3. The molecule has 0 radical (unpaired) electrons. The molecule has 0 heterocycles. The van der Waals surface area contributed by atoms with E-state index in [0.29, 0.717) is 19.6 Å². The monoisotopic (exact) mass is 544 g/mol. The molecule has 0 bridgehead atoms. The van der Waals surface area contributed by atoms with Gasteiger partial charge in [0.05, 0.1) is 45.2 Å². The topological polar surface area (TPSA) is 127 Å². The number of nitrogens with one attached hydrogen (secondary N) is 4. The van der Waals surface area contributed by atoms with Crippen molar-refractivity contribution < 1.29 is 28.6 Å². The second-order valence-electron chi connectivity index (χ2n) is 6.64. The Morgan fingerprint density at radius 3 is 1.20 bits per heavy atom. The Kier molecular flexibility index (Phi) is 18.1. The van der Waals surface area contributed by atoms with Gasteiger partial charge in [0.1, 0.15) is 0 Å². The van der Waals surface area contributed by atoms with Gasteiger partial charge >= 0.3 is 0 Å². The Labute approximate surface area is 193 Å². The number of halogens is 1. The van der Waals surface area contributed by atoms with Crippen LogP contribution in [-0.4, -0.2) is 82.5 Å². The third kappa shape index (κ3) is 14.9. The molecule has 11 heteroatoms. The van der Waals surface area contributed by atoms with E-state index in [1.54, 1.807) is 0 Å². The summed E-state index contributed by atoms with van der Waals surface area (Å²) in [6.07, 6.45) is 0.795. The normalized spacial score (nSPS) is 11.2. The number of hydrogen-bond acceptors (Lipinski definition) is 7. The van der Waals surface area contributed by atoms with Crippen LogP contribution in [0.25, 0.3) is 0 Å². The van der Waals surface area contributed by atoms with Crippen LogP contribution in [-0.2, 0) is 28.6 Å². The predicted octanol–water partition coefficient (Wildman–Crippen LogP) is 0.293. The van der Waals surface area contributed by atoms with E-state index in [1.165, 1.54) is 0 Å². The van der Waals surface area contributed by atoms with Crippen molar-refractivity contribution in [2.45, 2.75) is 45.6 Å². The smallest absolute Gasteiger partial charge is 0.222 e. The quantitative estimate of drug-likeness (QED) is 0.105. The Morgan fingerprint density at radius 1 is 0.667 bits per heavy atom. The average Bonchev–Trinajstić information content (AvgIpc) is 2.72. The van der Waals surface area contributed by atoms with Gasteiger partial charge in [-0.2, -0.15) is 0 Å². The molecule has 0 aromatic carbocycles. The Hall–Kier alpha value is -1.02. The first-order valence-electron chi connectivity index (χ1n) is 10.3. The van der Waals surface area contributed by atoms with Crippen LogP contribution in [0, 0.1) is 0 Å². The van der Waals surface area contributed by atoms with E-state index in [4.69, 9.17) is 14.2 Å². The highest BCUT2D eigenvalue weighted by Gasteiger charge is 2.31. The molecule has 0 unspecified atom stereocenters. The largest absolute Gasteiger partial charge is 0.379 e. The van der Waals surface area contributed by atoms with Crippen LogP contribution < -0.4 is 19.5 Å². The first kappa shape index (κ1) is 29.0. The molecule has 0 fully saturated rings. The van der Waals surface area contributed by atoms with Crippen molar-refractivity contribution >= 4 is 40.6 Å². The summed E-state index contributed by atoms with van der Waals surface area (Å²) in [7, 11) is 0. The van der Waals surface area contributed by atoms with Gasteiger partial charge in [-0.25, -0.2) is 3.53 Å². The number of ether oxygens (including phenoxy) is 3. The fourth-order valence-electron chi connectivity index (χ4n) is 2.36. The van der Waals surface area contributed by atoms with Gasteiger partial charge < -0.3 is 30.2 Å². The molecule has 0 aliphatic heterocycles. The van der Waals surface area contributed by atoms with Crippen molar-refractivity contribution in [3.05, 3.63) is 0 Å². The van der Waals surface area contributed by atoms with E-state index in [1.807, 2.05) is 43.6 Å². The van der Waals surface area contributed by atoms with Gasteiger partial charge in [-0.1, -0.05) is 0 Å². The van der Waals surface area contributed by atoms with E-state index in [2.05, 4.69) is 19.5 Å². The van der Waals surface area contributed by atoms with Gasteiger partial charge in [-0.3, -0.25) is 14.4 Å². The molecule has 0 aliphatic rings. The fourth-order valence-corrected chi connectivity index (χ4v) is 2.83. The van der Waals surface area contributed by atoms with Gasteiger partial charge in [0.2, 0.25) is 17.7 Å². The molecular formula is C19H37IN4O6. The minimum Gasteiger partial charge on any atom is -0.379 e. The van der Waals surface area contributed by atoms with Crippen LogP contribution in [0.2, 0.25) is 0 Å². The molecule has 0 aromatic rings. The standard InChI is InChI=1S/C19H37IN4O6/c1-4-21-16(25)7-10-28-13-19(24-20,14-29-11-8-17(26)22-5-2)15-30-12-9-18(27)23-6-3/h24H,4-15H2,1-3H3,(H,21,25)(H,22,26)(H,23,27). The lowest BCUT2D eigenvalue weighted by atomic mass is 10.1. The van der Waals surface area contributed by atoms with Crippen molar-refractivity contribution in [2.24, 2.45) is 0 Å². The highest BCUT2D eigenvalue weighted by atomic mass is 127. The van der Waals surface area contributed by atoms with Crippen LogP contribution >= 0.6 is 22.9 Å². The summed E-state index contributed by atoms with van der Waals surface area (Å²) in [4.78, 5) is 34.7. The van der Waals surface area contributed by atoms with Crippen LogP contribution in [0.5, 0.6) is 0 Å². The van der Waals surface area contributed by atoms with Crippen LogP contribution in [0.1, 0.15) is 40.0 Å². The van der Waals surface area contributed by atoms with Crippen LogP contribution in [0.15, 0.2) is 0 Å². The minimum atomic E-state index is -0.676. The number of rotatable bonds is 19. The lowest BCUT2D eigenvalue weighted by Crippen LogP contribution is -2.53. The first-order valence-corrected chi connectivity index (χ1v) is 11.4. The van der Waals surface area contributed by atoms with Crippen molar-refractivity contribution in [3.63, 3.8) is 0 Å². The summed E-state index contributed by atoms with van der Waals surface area (Å²) >= 11 is 2.01. The molecule has 10 nitrogen and oxygen atoms in total. The van der Waals surface area contributed by atoms with Gasteiger partial charge in [0.25, 0.3) is 0 Å². The number of carbonyl (C=O) groups is 3. The van der Waals surface area contributed by atoms with Crippen molar-refractivity contribution in [1.29, 1.82) is 0 Å². The summed E-state index contributed by atoms with van der Waals surface area (Å²) in [6.45, 7) is 8.87. The highest BCUT2D eigenvalue weighted by molar-refractivity contribution is 14.1. The summed E-state index contributed by atoms with van der Waals surface area (Å²) in [6, 6.07) is 0. The van der Waals surface area contributed by atoms with E-state index in [0.717, 1.165) is 0 Å². The molecule has 176 valence electrons. The average molecular weight is 544 g/mol. The van der Waals surface area contributed by atoms with E-state index >= 15 is 0 Å². The molecule has 0 saturated carbocycles. The Balaban J connectivity index is 4.58. The molecule has 0 aromatic heterocycles. The summed E-state index contributed by atoms with van der Waals surface area (Å²) in [5.41, 5.74) is -0.676. The van der Waals surface area contributed by atoms with Crippen molar-refractivity contribution in [3.8, 4) is 0 Å². The third-order valence-electron chi connectivity index (χ3n) is 3.88. The second kappa shape index (κ2) is 18.7. The summed E-state index contributed by atoms with van der Waals surface area (Å²) in [5.74, 6) is -0.203. The number of carbonyl (C=O) groups excluding carboxylic acids is 3. The SMILES string of the molecule is CCNC(=O)CCOCC(COCCC(=O)NCC)(COCCC(=O)NCC)NI. The van der Waals surface area contributed by atoms with Crippen LogP contribution in [0.3, 0.4) is 0 Å². The van der Waals surface area contributed by atoms with Gasteiger partial charge in [-0.15, -0.1) is 0 Å². The summed E-state index contributed by atoms with van der Waals surface area (Å²) in [5, 5.41) is 8.16. The molecule has 3 amide bonds. The minimum absolute atomic E-state index is 0.0677. The number of amides is 3. The maximum absolute atomic E-state index is 11.6. The first-order chi connectivity index (χ1) is 14.4. The fraction of sp³-hybridized carbons (Fsp3) is 0.842. The number of hydrogen-bond donors (Lipinski definition) is 4. The molecular weight excluding hydrogens is 507 g/mol.